The van der Waals surface area contributed by atoms with Crippen molar-refractivity contribution in [2.45, 2.75) is 25.0 Å². The van der Waals surface area contributed by atoms with Gasteiger partial charge < -0.3 is 25.3 Å². The summed E-state index contributed by atoms with van der Waals surface area (Å²) in [5, 5.41) is 14.3. The van der Waals surface area contributed by atoms with Crippen molar-refractivity contribution < 1.29 is 27.5 Å². The number of nitrogens with two attached hydrogens (primary N) is 1. The summed E-state index contributed by atoms with van der Waals surface area (Å²) in [7, 11) is -2.12. The van der Waals surface area contributed by atoms with Gasteiger partial charge in [0.15, 0.2) is 5.69 Å². The number of oxazole rings is 1. The summed E-state index contributed by atoms with van der Waals surface area (Å²) in [5.74, 6) is -0.890. The highest BCUT2D eigenvalue weighted by molar-refractivity contribution is 7.91. The van der Waals surface area contributed by atoms with E-state index >= 15 is 0 Å². The van der Waals surface area contributed by atoms with Crippen LogP contribution in [-0.4, -0.2) is 50.4 Å². The number of amides is 1. The lowest BCUT2D eigenvalue weighted by Gasteiger charge is -2.22. The quantitative estimate of drug-likeness (QED) is 0.300. The van der Waals surface area contributed by atoms with E-state index in [9.17, 15) is 18.3 Å². The van der Waals surface area contributed by atoms with Gasteiger partial charge in [0.25, 0.3) is 5.91 Å². The average Bonchev–Trinajstić information content (AvgIpc) is 3.20. The summed E-state index contributed by atoms with van der Waals surface area (Å²) in [6, 6.07) is 16.4. The van der Waals surface area contributed by atoms with E-state index in [2.05, 4.69) is 15.0 Å². The lowest BCUT2D eigenvalue weighted by atomic mass is 9.90. The first-order valence-electron chi connectivity index (χ1n) is 10.5. The monoisotopic (exact) mass is 488 g/mol. The number of hydrogen-bond donors (Lipinski definition) is 4. The summed E-state index contributed by atoms with van der Waals surface area (Å²) in [5.41, 5.74) is 7.08. The van der Waals surface area contributed by atoms with Crippen molar-refractivity contribution in [2.24, 2.45) is 5.73 Å². The number of rotatable bonds is 12. The average molecular weight is 489 g/mol. The van der Waals surface area contributed by atoms with Gasteiger partial charge in [-0.05, 0) is 29.7 Å². The molecule has 3 aromatic rings. The van der Waals surface area contributed by atoms with Gasteiger partial charge >= 0.3 is 6.01 Å². The molecule has 0 aliphatic heterocycles. The van der Waals surface area contributed by atoms with E-state index in [0.717, 1.165) is 23.1 Å². The number of anilines is 1. The largest absolute Gasteiger partial charge is 0.497 e. The SMILES string of the molecule is COc1cccc(CNC[C@H](O)[C@H](Cc2ccccc2)c2oc(NS(C)(=O)=O)nc2C(N)=O)c1. The van der Waals surface area contributed by atoms with Crippen molar-refractivity contribution in [3.63, 3.8) is 0 Å². The minimum Gasteiger partial charge on any atom is -0.497 e. The zero-order valence-corrected chi connectivity index (χ0v) is 19.7. The Morgan fingerprint density at radius 1 is 1.18 bits per heavy atom. The fourth-order valence-electron chi connectivity index (χ4n) is 3.52. The molecule has 0 radical (unpaired) electrons. The standard InChI is InChI=1S/C23H28N4O6S/c1-32-17-10-6-9-16(11-17)13-25-14-19(28)18(12-15-7-4-3-5-8-15)21-20(22(24)29)26-23(33-21)27-34(2,30)31/h3-11,18-19,25,28H,12-14H2,1-2H3,(H2,24,29)(H,26,27)/t18-,19-/m0/s1. The van der Waals surface area contributed by atoms with Gasteiger partial charge in [-0.3, -0.25) is 4.79 Å². The van der Waals surface area contributed by atoms with Gasteiger partial charge in [-0.1, -0.05) is 42.5 Å². The number of aliphatic hydroxyl groups excluding tert-OH is 1. The van der Waals surface area contributed by atoms with Crippen LogP contribution in [0, 0.1) is 0 Å². The van der Waals surface area contributed by atoms with E-state index in [1.807, 2.05) is 54.6 Å². The Labute approximate surface area is 198 Å². The van der Waals surface area contributed by atoms with Crippen molar-refractivity contribution in [2.75, 3.05) is 24.6 Å². The molecular formula is C23H28N4O6S. The normalized spacial score (nSPS) is 13.3. The number of methoxy groups -OCH3 is 1. The molecule has 11 heteroatoms. The number of nitrogens with zero attached hydrogens (tertiary/aromatic N) is 1. The predicted molar refractivity (Wildman–Crippen MR) is 127 cm³/mol. The molecule has 34 heavy (non-hydrogen) atoms. The maximum Gasteiger partial charge on any atom is 0.309 e. The molecule has 0 aliphatic carbocycles. The number of primary amides is 1. The summed E-state index contributed by atoms with van der Waals surface area (Å²) in [4.78, 5) is 16.0. The second-order valence-corrected chi connectivity index (χ2v) is 9.56. The molecular weight excluding hydrogens is 460 g/mol. The Kier molecular flexibility index (Phi) is 8.26. The molecule has 0 saturated carbocycles. The lowest BCUT2D eigenvalue weighted by molar-refractivity contribution is 0.0987. The third kappa shape index (κ3) is 7.04. The molecule has 0 bridgehead atoms. The number of ether oxygens (including phenoxy) is 1. The van der Waals surface area contributed by atoms with Gasteiger partial charge in [-0.15, -0.1) is 0 Å². The van der Waals surface area contributed by atoms with Gasteiger partial charge in [0.2, 0.25) is 10.0 Å². The van der Waals surface area contributed by atoms with Crippen molar-refractivity contribution >= 4 is 21.9 Å². The first-order valence-corrected chi connectivity index (χ1v) is 12.4. The molecule has 5 N–H and O–H groups in total. The van der Waals surface area contributed by atoms with E-state index in [1.54, 1.807) is 7.11 Å². The third-order valence-electron chi connectivity index (χ3n) is 5.08. The van der Waals surface area contributed by atoms with Crippen molar-refractivity contribution in [3.8, 4) is 5.75 Å². The summed E-state index contributed by atoms with van der Waals surface area (Å²) in [6.45, 7) is 0.620. The second-order valence-electron chi connectivity index (χ2n) is 7.82. The number of carbonyl (C=O) groups is 1. The van der Waals surface area contributed by atoms with Crippen molar-refractivity contribution in [1.29, 1.82) is 0 Å². The Morgan fingerprint density at radius 2 is 1.88 bits per heavy atom. The van der Waals surface area contributed by atoms with Crippen LogP contribution in [0.3, 0.4) is 0 Å². The maximum absolute atomic E-state index is 12.1. The Hall–Kier alpha value is -3.41. The van der Waals surface area contributed by atoms with Gasteiger partial charge in [0, 0.05) is 13.1 Å². The van der Waals surface area contributed by atoms with Crippen LogP contribution >= 0.6 is 0 Å². The smallest absolute Gasteiger partial charge is 0.309 e. The van der Waals surface area contributed by atoms with Crippen molar-refractivity contribution in [3.05, 3.63) is 77.2 Å². The number of aliphatic hydroxyl groups is 1. The highest BCUT2D eigenvalue weighted by atomic mass is 32.2. The molecule has 0 fully saturated rings. The molecule has 1 amide bonds. The molecule has 1 aromatic heterocycles. The summed E-state index contributed by atoms with van der Waals surface area (Å²) >= 11 is 0. The Bertz CT molecular complexity index is 1210. The van der Waals surface area contributed by atoms with Crippen LogP contribution in [0.1, 0.15) is 33.3 Å². The molecule has 0 unspecified atom stereocenters. The van der Waals surface area contributed by atoms with Crippen molar-refractivity contribution in [1.82, 2.24) is 10.3 Å². The molecule has 0 spiro atoms. The number of carbonyl (C=O) groups excluding carboxylic acids is 1. The van der Waals surface area contributed by atoms with E-state index in [1.165, 1.54) is 0 Å². The summed E-state index contributed by atoms with van der Waals surface area (Å²) < 4.78 is 36.2. The highest BCUT2D eigenvalue weighted by Crippen LogP contribution is 2.30. The van der Waals surface area contributed by atoms with Crippen LogP contribution < -0.4 is 20.5 Å². The molecule has 3 rings (SSSR count). The highest BCUT2D eigenvalue weighted by Gasteiger charge is 2.31. The molecule has 10 nitrogen and oxygen atoms in total. The predicted octanol–water partition coefficient (Wildman–Crippen LogP) is 1.63. The number of benzene rings is 2. The lowest BCUT2D eigenvalue weighted by Crippen LogP contribution is -2.33. The molecule has 1 heterocycles. The van der Waals surface area contributed by atoms with Gasteiger partial charge in [0.05, 0.1) is 25.4 Å². The van der Waals surface area contributed by atoms with E-state index < -0.39 is 28.0 Å². The van der Waals surface area contributed by atoms with Gasteiger partial charge in [0.1, 0.15) is 11.5 Å². The maximum atomic E-state index is 12.1. The Morgan fingerprint density at radius 3 is 2.53 bits per heavy atom. The first kappa shape index (κ1) is 25.2. The fraction of sp³-hybridized carbons (Fsp3) is 0.304. The minimum absolute atomic E-state index is 0.0122. The van der Waals surface area contributed by atoms with Crippen LogP contribution in [0.2, 0.25) is 0 Å². The van der Waals surface area contributed by atoms with Gasteiger partial charge in [-0.25, -0.2) is 13.1 Å². The zero-order chi connectivity index (χ0) is 24.7. The first-order chi connectivity index (χ1) is 16.2. The number of sulfonamides is 1. The van der Waals surface area contributed by atoms with E-state index in [4.69, 9.17) is 14.9 Å². The molecule has 182 valence electrons. The van der Waals surface area contributed by atoms with Crippen LogP contribution in [0.15, 0.2) is 59.0 Å². The third-order valence-corrected chi connectivity index (χ3v) is 5.62. The van der Waals surface area contributed by atoms with Crippen LogP contribution in [-0.2, 0) is 23.0 Å². The topological polar surface area (TPSA) is 157 Å². The summed E-state index contributed by atoms with van der Waals surface area (Å²) in [6.07, 6.45) is 0.221. The van der Waals surface area contributed by atoms with E-state index in [0.29, 0.717) is 13.0 Å². The van der Waals surface area contributed by atoms with Gasteiger partial charge in [-0.2, -0.15) is 4.98 Å². The minimum atomic E-state index is -3.71. The number of aromatic nitrogens is 1. The molecule has 0 saturated heterocycles. The van der Waals surface area contributed by atoms with Crippen LogP contribution in [0.25, 0.3) is 0 Å². The molecule has 2 aromatic carbocycles. The fourth-order valence-corrected chi connectivity index (χ4v) is 3.93. The number of nitrogens with one attached hydrogen (secondary N) is 2. The van der Waals surface area contributed by atoms with E-state index in [-0.39, 0.29) is 24.0 Å². The zero-order valence-electron chi connectivity index (χ0n) is 18.9. The second kappa shape index (κ2) is 11.1. The van der Waals surface area contributed by atoms with Crippen LogP contribution in [0.4, 0.5) is 6.01 Å². The molecule has 2 atom stereocenters. The van der Waals surface area contributed by atoms with Crippen LogP contribution in [0.5, 0.6) is 5.75 Å². The molecule has 0 aliphatic rings. The Balaban J connectivity index is 1.85. The number of hydrogen-bond acceptors (Lipinski definition) is 8.